The number of aromatic nitrogens is 1. The maximum Gasteiger partial charge on any atom is 0.433 e. The molecule has 0 unspecified atom stereocenters. The summed E-state index contributed by atoms with van der Waals surface area (Å²) in [5.74, 6) is -1.46. The number of hydrogen-bond donors (Lipinski definition) is 2. The molecule has 0 spiro atoms. The lowest BCUT2D eigenvalue weighted by atomic mass is 9.74. The van der Waals surface area contributed by atoms with E-state index in [1.807, 2.05) is 0 Å². The molecule has 2 aromatic heterocycles. The molecule has 9 heteroatoms. The number of nitrogens with one attached hydrogen (secondary N) is 1. The van der Waals surface area contributed by atoms with Gasteiger partial charge in [0.25, 0.3) is 5.91 Å². The molecule has 0 saturated heterocycles. The third-order valence-corrected chi connectivity index (χ3v) is 5.68. The number of pyridine rings is 1. The molecule has 2 heterocycles. The fraction of sp³-hybridized carbons (Fsp3) is 0.438. The normalized spacial score (nSPS) is 16.5. The number of nitrogens with zero attached hydrogens (tertiary/aromatic N) is 1. The Bertz CT molecular complexity index is 856. The van der Waals surface area contributed by atoms with Crippen molar-refractivity contribution in [1.29, 1.82) is 0 Å². The van der Waals surface area contributed by atoms with Crippen molar-refractivity contribution >= 4 is 33.4 Å². The zero-order valence-corrected chi connectivity index (χ0v) is 14.1. The predicted molar refractivity (Wildman–Crippen MR) is 85.7 cm³/mol. The van der Waals surface area contributed by atoms with E-state index in [9.17, 15) is 22.8 Å². The molecule has 3 rings (SSSR count). The Labute approximate surface area is 144 Å². The van der Waals surface area contributed by atoms with E-state index in [0.717, 1.165) is 23.8 Å². The minimum Gasteiger partial charge on any atom is -0.481 e. The smallest absolute Gasteiger partial charge is 0.433 e. The van der Waals surface area contributed by atoms with Crippen molar-refractivity contribution in [3.8, 4) is 0 Å². The van der Waals surface area contributed by atoms with Crippen molar-refractivity contribution in [1.82, 2.24) is 10.3 Å². The van der Waals surface area contributed by atoms with Crippen molar-refractivity contribution in [2.75, 3.05) is 0 Å². The number of rotatable bonds is 4. The number of amides is 1. The Morgan fingerprint density at radius 1 is 1.36 bits per heavy atom. The van der Waals surface area contributed by atoms with E-state index < -0.39 is 29.3 Å². The van der Waals surface area contributed by atoms with Crippen LogP contribution in [0.1, 0.15) is 46.6 Å². The Hall–Kier alpha value is -2.16. The van der Waals surface area contributed by atoms with Crippen LogP contribution in [0.3, 0.4) is 0 Å². The second kappa shape index (κ2) is 5.98. The van der Waals surface area contributed by atoms with Gasteiger partial charge in [0, 0.05) is 5.39 Å². The Balaban J connectivity index is 1.91. The molecule has 1 saturated carbocycles. The molecule has 5 nitrogen and oxygen atoms in total. The molecule has 0 bridgehead atoms. The average molecular weight is 372 g/mol. The summed E-state index contributed by atoms with van der Waals surface area (Å²) in [5, 5.41) is 12.3. The lowest BCUT2D eigenvalue weighted by Gasteiger charge is -2.41. The van der Waals surface area contributed by atoms with Crippen LogP contribution in [0.25, 0.3) is 10.2 Å². The van der Waals surface area contributed by atoms with Crippen LogP contribution in [0, 0.1) is 6.92 Å². The second-order valence-corrected chi connectivity index (χ2v) is 7.26. The van der Waals surface area contributed by atoms with Gasteiger partial charge in [0.2, 0.25) is 0 Å². The van der Waals surface area contributed by atoms with E-state index in [2.05, 4.69) is 10.3 Å². The molecule has 1 aliphatic rings. The van der Waals surface area contributed by atoms with Gasteiger partial charge in [0.05, 0.1) is 16.8 Å². The van der Waals surface area contributed by atoms with Crippen LogP contribution in [-0.2, 0) is 11.0 Å². The number of carboxylic acid groups (broad SMARTS) is 1. The number of aryl methyl sites for hydroxylation is 1. The van der Waals surface area contributed by atoms with Gasteiger partial charge in [0.15, 0.2) is 0 Å². The molecular formula is C16H15F3N2O3S. The van der Waals surface area contributed by atoms with E-state index in [4.69, 9.17) is 5.11 Å². The van der Waals surface area contributed by atoms with Crippen LogP contribution in [0.4, 0.5) is 13.2 Å². The van der Waals surface area contributed by atoms with Crippen LogP contribution >= 0.6 is 11.3 Å². The first-order valence-corrected chi connectivity index (χ1v) is 8.45. The highest BCUT2D eigenvalue weighted by molar-refractivity contribution is 7.20. The van der Waals surface area contributed by atoms with Crippen molar-refractivity contribution in [2.45, 2.75) is 44.3 Å². The molecule has 1 fully saturated rings. The quantitative estimate of drug-likeness (QED) is 0.857. The summed E-state index contributed by atoms with van der Waals surface area (Å²) in [4.78, 5) is 27.6. The van der Waals surface area contributed by atoms with E-state index in [0.29, 0.717) is 23.8 Å². The van der Waals surface area contributed by atoms with Crippen LogP contribution in [0.2, 0.25) is 0 Å². The molecular weight excluding hydrogens is 357 g/mol. The second-order valence-electron chi connectivity index (χ2n) is 6.26. The van der Waals surface area contributed by atoms with Gasteiger partial charge in [-0.05, 0) is 43.9 Å². The van der Waals surface area contributed by atoms with Gasteiger partial charge >= 0.3 is 12.1 Å². The number of carbonyl (C=O) groups excluding carboxylic acids is 1. The van der Waals surface area contributed by atoms with E-state index in [-0.39, 0.29) is 16.1 Å². The number of carbonyl (C=O) groups is 2. The van der Waals surface area contributed by atoms with Crippen LogP contribution in [0.15, 0.2) is 12.1 Å². The number of thiophene rings is 1. The minimum absolute atomic E-state index is 0.137. The Morgan fingerprint density at radius 3 is 2.56 bits per heavy atom. The summed E-state index contributed by atoms with van der Waals surface area (Å²) in [7, 11) is 0. The third kappa shape index (κ3) is 3.33. The monoisotopic (exact) mass is 372 g/mol. The maximum atomic E-state index is 12.8. The largest absolute Gasteiger partial charge is 0.481 e. The number of carboxylic acids is 1. The lowest BCUT2D eigenvalue weighted by Crippen LogP contribution is -2.54. The Morgan fingerprint density at radius 2 is 2.04 bits per heavy atom. The van der Waals surface area contributed by atoms with Gasteiger partial charge in [-0.25, -0.2) is 4.98 Å². The van der Waals surface area contributed by atoms with Crippen molar-refractivity contribution in [3.05, 3.63) is 28.3 Å². The number of alkyl halides is 3. The zero-order valence-electron chi connectivity index (χ0n) is 13.2. The van der Waals surface area contributed by atoms with Crippen molar-refractivity contribution in [2.24, 2.45) is 0 Å². The van der Waals surface area contributed by atoms with E-state index >= 15 is 0 Å². The molecule has 2 aromatic rings. The highest BCUT2D eigenvalue weighted by Crippen LogP contribution is 2.37. The molecule has 0 aromatic carbocycles. The topological polar surface area (TPSA) is 79.3 Å². The van der Waals surface area contributed by atoms with E-state index in [1.165, 1.54) is 6.07 Å². The average Bonchev–Trinajstić information content (AvgIpc) is 2.80. The molecule has 1 amide bonds. The number of fused-ring (bicyclic) bond motifs is 1. The molecule has 0 aliphatic heterocycles. The van der Waals surface area contributed by atoms with Gasteiger partial charge in [-0.15, -0.1) is 11.3 Å². The summed E-state index contributed by atoms with van der Waals surface area (Å²) in [6.45, 7) is 1.65. The summed E-state index contributed by atoms with van der Waals surface area (Å²) >= 11 is 0.886. The first-order chi connectivity index (χ1) is 11.6. The Kier molecular flexibility index (Phi) is 4.22. The zero-order chi connectivity index (χ0) is 18.4. The lowest BCUT2D eigenvalue weighted by molar-refractivity contribution is -0.141. The molecule has 1 aliphatic carbocycles. The van der Waals surface area contributed by atoms with Crippen molar-refractivity contribution < 1.29 is 27.9 Å². The van der Waals surface area contributed by atoms with Gasteiger partial charge in [-0.1, -0.05) is 0 Å². The standard InChI is InChI=1S/C16H15F3N2O3S/c1-8-9-3-4-10(16(17,18)19)20-14(9)25-12(8)13(24)21-15(5-2-6-15)7-11(22)23/h3-4H,2,5-7H2,1H3,(H,21,24)(H,22,23). The minimum atomic E-state index is -4.55. The number of hydrogen-bond acceptors (Lipinski definition) is 4. The number of halogens is 3. The molecule has 2 N–H and O–H groups in total. The summed E-state index contributed by atoms with van der Waals surface area (Å²) in [5.41, 5.74) is -1.23. The predicted octanol–water partition coefficient (Wildman–Crippen LogP) is 3.75. The van der Waals surface area contributed by atoms with E-state index in [1.54, 1.807) is 6.92 Å². The fourth-order valence-corrected chi connectivity index (χ4v) is 4.09. The first kappa shape index (κ1) is 17.7. The van der Waals surface area contributed by atoms with Gasteiger partial charge in [-0.3, -0.25) is 9.59 Å². The molecule has 0 radical (unpaired) electrons. The highest BCUT2D eigenvalue weighted by atomic mass is 32.1. The number of aliphatic carboxylic acids is 1. The first-order valence-electron chi connectivity index (χ1n) is 7.63. The van der Waals surface area contributed by atoms with Crippen LogP contribution in [0.5, 0.6) is 0 Å². The maximum absolute atomic E-state index is 12.8. The van der Waals surface area contributed by atoms with Gasteiger partial charge in [-0.2, -0.15) is 13.2 Å². The van der Waals surface area contributed by atoms with Gasteiger partial charge in [0.1, 0.15) is 10.5 Å². The summed E-state index contributed by atoms with van der Waals surface area (Å²) in [6, 6.07) is 2.20. The molecule has 25 heavy (non-hydrogen) atoms. The SMILES string of the molecule is Cc1c(C(=O)NC2(CC(=O)O)CCC2)sc2nc(C(F)(F)F)ccc12. The van der Waals surface area contributed by atoms with Crippen molar-refractivity contribution in [3.63, 3.8) is 0 Å². The summed E-state index contributed by atoms with van der Waals surface area (Å²) in [6.07, 6.45) is -2.74. The van der Waals surface area contributed by atoms with Gasteiger partial charge < -0.3 is 10.4 Å². The highest BCUT2D eigenvalue weighted by Gasteiger charge is 2.41. The molecule has 0 atom stereocenters. The summed E-state index contributed by atoms with van der Waals surface area (Å²) < 4.78 is 38.4. The third-order valence-electron chi connectivity index (χ3n) is 4.48. The van der Waals surface area contributed by atoms with Crippen LogP contribution in [-0.4, -0.2) is 27.5 Å². The van der Waals surface area contributed by atoms with Crippen LogP contribution < -0.4 is 5.32 Å². The molecule has 134 valence electrons. The fourth-order valence-electron chi connectivity index (χ4n) is 3.01.